The molecule has 0 spiro atoms. The maximum absolute atomic E-state index is 11.4. The summed E-state index contributed by atoms with van der Waals surface area (Å²) < 4.78 is 0. The molecule has 16 heavy (non-hydrogen) atoms. The molecule has 92 valence electrons. The fraction of sp³-hybridized carbons (Fsp3) is 0.818. The van der Waals surface area contributed by atoms with Crippen LogP contribution in [0.3, 0.4) is 0 Å². The van der Waals surface area contributed by atoms with E-state index >= 15 is 0 Å². The van der Waals surface area contributed by atoms with Crippen LogP contribution in [0.4, 0.5) is 4.79 Å². The third kappa shape index (κ3) is 4.08. The van der Waals surface area contributed by atoms with E-state index in [2.05, 4.69) is 10.6 Å². The highest BCUT2D eigenvalue weighted by Gasteiger charge is 2.17. The van der Waals surface area contributed by atoms with Crippen molar-refractivity contribution in [2.45, 2.75) is 38.6 Å². The molecule has 2 N–H and O–H groups in total. The number of hydrogen-bond acceptors (Lipinski definition) is 2. The molecule has 0 radical (unpaired) electrons. The SMILES string of the molecule is CCN(C)C(=O)CNC(=O)NC1CCCC1. The maximum Gasteiger partial charge on any atom is 0.315 e. The van der Waals surface area contributed by atoms with E-state index in [0.717, 1.165) is 12.8 Å². The maximum atomic E-state index is 11.4. The molecule has 0 aromatic carbocycles. The molecule has 0 aromatic heterocycles. The van der Waals surface area contributed by atoms with E-state index < -0.39 is 0 Å². The first-order valence-corrected chi connectivity index (χ1v) is 5.91. The quantitative estimate of drug-likeness (QED) is 0.743. The van der Waals surface area contributed by atoms with E-state index in [9.17, 15) is 9.59 Å². The molecule has 1 aliphatic rings. The summed E-state index contributed by atoms with van der Waals surface area (Å²) in [7, 11) is 1.72. The fourth-order valence-electron chi connectivity index (χ4n) is 1.77. The summed E-state index contributed by atoms with van der Waals surface area (Å²) in [5.74, 6) is -0.0657. The molecule has 3 amide bonds. The summed E-state index contributed by atoms with van der Waals surface area (Å²) in [6.45, 7) is 2.63. The number of carbonyl (C=O) groups is 2. The Labute approximate surface area is 96.6 Å². The zero-order valence-electron chi connectivity index (χ0n) is 10.1. The Hall–Kier alpha value is -1.26. The summed E-state index contributed by atoms with van der Waals surface area (Å²) >= 11 is 0. The molecule has 0 aliphatic heterocycles. The molecule has 1 saturated carbocycles. The number of nitrogens with zero attached hydrogens (tertiary/aromatic N) is 1. The number of rotatable bonds is 4. The van der Waals surface area contributed by atoms with Crippen molar-refractivity contribution in [3.05, 3.63) is 0 Å². The normalized spacial score (nSPS) is 15.9. The van der Waals surface area contributed by atoms with Gasteiger partial charge in [0.15, 0.2) is 0 Å². The lowest BCUT2D eigenvalue weighted by atomic mass is 10.2. The van der Waals surface area contributed by atoms with Crippen LogP contribution < -0.4 is 10.6 Å². The smallest absolute Gasteiger partial charge is 0.315 e. The van der Waals surface area contributed by atoms with Gasteiger partial charge >= 0.3 is 6.03 Å². The number of amides is 3. The zero-order valence-corrected chi connectivity index (χ0v) is 10.1. The van der Waals surface area contributed by atoms with Crippen molar-refractivity contribution >= 4 is 11.9 Å². The Morgan fingerprint density at radius 2 is 1.94 bits per heavy atom. The van der Waals surface area contributed by atoms with Crippen molar-refractivity contribution in [2.75, 3.05) is 20.1 Å². The minimum absolute atomic E-state index is 0.0657. The lowest BCUT2D eigenvalue weighted by Gasteiger charge is -2.16. The van der Waals surface area contributed by atoms with E-state index in [1.165, 1.54) is 12.8 Å². The van der Waals surface area contributed by atoms with Gasteiger partial charge in [-0.05, 0) is 19.8 Å². The highest BCUT2D eigenvalue weighted by molar-refractivity contribution is 5.83. The Morgan fingerprint density at radius 3 is 2.50 bits per heavy atom. The first-order valence-electron chi connectivity index (χ1n) is 5.91. The van der Waals surface area contributed by atoms with Crippen LogP contribution in [0.25, 0.3) is 0 Å². The Kier molecular flexibility index (Phi) is 5.08. The third-order valence-corrected chi connectivity index (χ3v) is 2.99. The van der Waals surface area contributed by atoms with Crippen LogP contribution in [0.2, 0.25) is 0 Å². The van der Waals surface area contributed by atoms with Crippen LogP contribution in [0.5, 0.6) is 0 Å². The van der Waals surface area contributed by atoms with Crippen LogP contribution in [-0.4, -0.2) is 43.0 Å². The summed E-state index contributed by atoms with van der Waals surface area (Å²) in [6.07, 6.45) is 4.47. The standard InChI is InChI=1S/C11H21N3O2/c1-3-14(2)10(15)8-12-11(16)13-9-6-4-5-7-9/h9H,3-8H2,1-2H3,(H2,12,13,16). The lowest BCUT2D eigenvalue weighted by molar-refractivity contribution is -0.128. The Balaban J connectivity index is 2.16. The molecular formula is C11H21N3O2. The minimum Gasteiger partial charge on any atom is -0.345 e. The van der Waals surface area contributed by atoms with Gasteiger partial charge in [0.1, 0.15) is 0 Å². The molecule has 0 heterocycles. The monoisotopic (exact) mass is 227 g/mol. The summed E-state index contributed by atoms with van der Waals surface area (Å²) in [4.78, 5) is 24.4. The van der Waals surface area contributed by atoms with E-state index in [1.807, 2.05) is 6.92 Å². The van der Waals surface area contributed by atoms with Gasteiger partial charge in [0.05, 0.1) is 6.54 Å². The highest BCUT2D eigenvalue weighted by Crippen LogP contribution is 2.17. The molecular weight excluding hydrogens is 206 g/mol. The molecule has 0 bridgehead atoms. The van der Waals surface area contributed by atoms with Crippen molar-refractivity contribution in [3.8, 4) is 0 Å². The predicted molar refractivity (Wildman–Crippen MR) is 62.1 cm³/mol. The molecule has 1 aliphatic carbocycles. The van der Waals surface area contributed by atoms with Crippen LogP contribution >= 0.6 is 0 Å². The van der Waals surface area contributed by atoms with Gasteiger partial charge in [-0.25, -0.2) is 4.79 Å². The largest absolute Gasteiger partial charge is 0.345 e. The van der Waals surface area contributed by atoms with Gasteiger partial charge < -0.3 is 15.5 Å². The Bertz CT molecular complexity index is 250. The average Bonchev–Trinajstić information content (AvgIpc) is 2.77. The second-order valence-corrected chi connectivity index (χ2v) is 4.22. The Morgan fingerprint density at radius 1 is 1.31 bits per heavy atom. The van der Waals surface area contributed by atoms with E-state index in [4.69, 9.17) is 0 Å². The molecule has 0 unspecified atom stereocenters. The summed E-state index contributed by atoms with van der Waals surface area (Å²) in [5, 5.41) is 5.45. The number of urea groups is 1. The summed E-state index contributed by atoms with van der Waals surface area (Å²) in [6, 6.07) is 0.0590. The average molecular weight is 227 g/mol. The molecule has 1 fully saturated rings. The number of nitrogens with one attached hydrogen (secondary N) is 2. The van der Waals surface area contributed by atoms with Crippen LogP contribution in [-0.2, 0) is 4.79 Å². The van der Waals surface area contributed by atoms with Gasteiger partial charge in [-0.3, -0.25) is 4.79 Å². The van der Waals surface area contributed by atoms with Gasteiger partial charge in [0.25, 0.3) is 0 Å². The van der Waals surface area contributed by atoms with E-state index in [-0.39, 0.29) is 18.5 Å². The first kappa shape index (κ1) is 12.8. The van der Waals surface area contributed by atoms with Gasteiger partial charge in [-0.2, -0.15) is 0 Å². The second kappa shape index (κ2) is 6.35. The van der Waals surface area contributed by atoms with Crippen LogP contribution in [0.15, 0.2) is 0 Å². The van der Waals surface area contributed by atoms with Gasteiger partial charge in [-0.15, -0.1) is 0 Å². The van der Waals surface area contributed by atoms with Crippen molar-refractivity contribution < 1.29 is 9.59 Å². The highest BCUT2D eigenvalue weighted by atomic mass is 16.2. The van der Waals surface area contributed by atoms with Crippen molar-refractivity contribution in [1.82, 2.24) is 15.5 Å². The van der Waals surface area contributed by atoms with Crippen LogP contribution in [0.1, 0.15) is 32.6 Å². The number of carbonyl (C=O) groups excluding carboxylic acids is 2. The molecule has 5 heteroatoms. The number of hydrogen-bond donors (Lipinski definition) is 2. The number of likely N-dealkylation sites (N-methyl/N-ethyl adjacent to an activating group) is 1. The second-order valence-electron chi connectivity index (χ2n) is 4.22. The predicted octanol–water partition coefficient (Wildman–Crippen LogP) is 0.706. The topological polar surface area (TPSA) is 61.4 Å². The van der Waals surface area contributed by atoms with Gasteiger partial charge in [-0.1, -0.05) is 12.8 Å². The minimum atomic E-state index is -0.232. The van der Waals surface area contributed by atoms with E-state index in [1.54, 1.807) is 11.9 Å². The lowest BCUT2D eigenvalue weighted by Crippen LogP contribution is -2.45. The molecule has 0 saturated heterocycles. The first-order chi connectivity index (χ1) is 7.63. The van der Waals surface area contributed by atoms with E-state index in [0.29, 0.717) is 12.6 Å². The summed E-state index contributed by atoms with van der Waals surface area (Å²) in [5.41, 5.74) is 0. The molecule has 5 nitrogen and oxygen atoms in total. The zero-order chi connectivity index (χ0) is 12.0. The molecule has 0 aromatic rings. The van der Waals surface area contributed by atoms with Crippen molar-refractivity contribution in [1.29, 1.82) is 0 Å². The van der Waals surface area contributed by atoms with Gasteiger partial charge in [0.2, 0.25) is 5.91 Å². The third-order valence-electron chi connectivity index (χ3n) is 2.99. The fourth-order valence-corrected chi connectivity index (χ4v) is 1.77. The molecule has 1 rings (SSSR count). The van der Waals surface area contributed by atoms with Crippen molar-refractivity contribution in [2.24, 2.45) is 0 Å². The molecule has 0 atom stereocenters. The van der Waals surface area contributed by atoms with Gasteiger partial charge in [0, 0.05) is 19.6 Å². The van der Waals surface area contributed by atoms with Crippen molar-refractivity contribution in [3.63, 3.8) is 0 Å². The van der Waals surface area contributed by atoms with Crippen LogP contribution in [0, 0.1) is 0 Å².